The van der Waals surface area contributed by atoms with Gasteiger partial charge in [-0.1, -0.05) is 13.0 Å². The lowest BCUT2D eigenvalue weighted by Crippen LogP contribution is -2.72. The van der Waals surface area contributed by atoms with Gasteiger partial charge in [0.15, 0.2) is 0 Å². The SMILES string of the molecule is CC1[C@H](C=Cc2ccc(Br)cn2)[C@@H]2[C@@H](C)OC(=O)C2(N2CC(O)C2)CC1(F)F. The highest BCUT2D eigenvalue weighted by atomic mass is 79.9. The van der Waals surface area contributed by atoms with Gasteiger partial charge in [0, 0.05) is 42.0 Å². The van der Waals surface area contributed by atoms with Crippen molar-refractivity contribution in [1.82, 2.24) is 9.88 Å². The number of cyclic esters (lactones) is 1. The quantitative estimate of drug-likeness (QED) is 0.707. The number of ether oxygens (including phenoxy) is 1. The van der Waals surface area contributed by atoms with Crippen molar-refractivity contribution in [2.75, 3.05) is 13.1 Å². The minimum absolute atomic E-state index is 0.216. The second kappa shape index (κ2) is 6.85. The number of fused-ring (bicyclic) bond motifs is 1. The maximum atomic E-state index is 15.1. The molecule has 4 rings (SSSR count). The summed E-state index contributed by atoms with van der Waals surface area (Å²) >= 11 is 3.33. The normalized spacial score (nSPS) is 38.3. The van der Waals surface area contributed by atoms with E-state index in [1.165, 1.54) is 6.92 Å². The van der Waals surface area contributed by atoms with Gasteiger partial charge in [0.2, 0.25) is 0 Å². The van der Waals surface area contributed by atoms with Crippen LogP contribution in [0.1, 0.15) is 26.0 Å². The number of hydrogen-bond acceptors (Lipinski definition) is 5. The van der Waals surface area contributed by atoms with E-state index in [1.807, 2.05) is 6.07 Å². The lowest BCUT2D eigenvalue weighted by molar-refractivity contribution is -0.195. The number of aliphatic hydroxyl groups is 1. The largest absolute Gasteiger partial charge is 0.461 e. The number of halogens is 3. The number of rotatable bonds is 3. The van der Waals surface area contributed by atoms with Crippen LogP contribution in [0.3, 0.4) is 0 Å². The summed E-state index contributed by atoms with van der Waals surface area (Å²) in [5.74, 6) is -5.53. The number of pyridine rings is 1. The molecule has 5 nitrogen and oxygen atoms in total. The molecule has 2 saturated heterocycles. The van der Waals surface area contributed by atoms with Crippen molar-refractivity contribution in [3.05, 3.63) is 34.6 Å². The van der Waals surface area contributed by atoms with Crippen molar-refractivity contribution in [3.8, 4) is 0 Å². The predicted octanol–water partition coefficient (Wildman–Crippen LogP) is 3.13. The standard InChI is InChI=1S/C20H23BrF2N2O3/c1-11-16(6-5-14-4-3-13(21)7-24-14)17-12(2)28-18(27)19(17,10-20(11,22)23)25-8-15(26)9-25/h3-7,11-12,15-17,26H,8-10H2,1-2H3/t11?,12-,16+,17+,19?/m1/s1. The lowest BCUT2D eigenvalue weighted by atomic mass is 9.59. The second-order valence-corrected chi connectivity index (χ2v) is 9.10. The number of likely N-dealkylation sites (tertiary alicyclic amines) is 1. The van der Waals surface area contributed by atoms with Gasteiger partial charge in [-0.05, 0) is 47.0 Å². The fourth-order valence-electron chi connectivity index (χ4n) is 5.02. The first-order chi connectivity index (χ1) is 13.1. The Hall–Kier alpha value is -1.38. The number of carbonyl (C=O) groups excluding carboxylic acids is 1. The number of hydrogen-bond donors (Lipinski definition) is 1. The zero-order chi connectivity index (χ0) is 20.3. The van der Waals surface area contributed by atoms with E-state index in [2.05, 4.69) is 20.9 Å². The van der Waals surface area contributed by atoms with Crippen LogP contribution in [-0.4, -0.2) is 57.7 Å². The molecule has 0 radical (unpaired) electrons. The van der Waals surface area contributed by atoms with Crippen molar-refractivity contribution in [3.63, 3.8) is 0 Å². The van der Waals surface area contributed by atoms with Crippen molar-refractivity contribution in [1.29, 1.82) is 0 Å². The molecule has 2 aliphatic heterocycles. The van der Waals surface area contributed by atoms with E-state index < -0.39 is 53.8 Å². The molecule has 0 aromatic carbocycles. The Morgan fingerprint density at radius 2 is 2.07 bits per heavy atom. The Kier molecular flexibility index (Phi) is 4.87. The molecule has 0 bridgehead atoms. The summed E-state index contributed by atoms with van der Waals surface area (Å²) in [6.45, 7) is 3.74. The summed E-state index contributed by atoms with van der Waals surface area (Å²) in [4.78, 5) is 18.8. The Balaban J connectivity index is 1.73. The molecule has 5 atom stereocenters. The van der Waals surface area contributed by atoms with E-state index in [4.69, 9.17) is 4.74 Å². The number of esters is 1. The predicted molar refractivity (Wildman–Crippen MR) is 103 cm³/mol. The zero-order valence-electron chi connectivity index (χ0n) is 15.7. The van der Waals surface area contributed by atoms with E-state index >= 15 is 8.78 Å². The minimum atomic E-state index is -3.03. The molecule has 0 spiro atoms. The van der Waals surface area contributed by atoms with Gasteiger partial charge in [0.25, 0.3) is 5.92 Å². The molecule has 28 heavy (non-hydrogen) atoms. The highest BCUT2D eigenvalue weighted by Gasteiger charge is 2.71. The Morgan fingerprint density at radius 3 is 2.68 bits per heavy atom. The highest BCUT2D eigenvalue weighted by molar-refractivity contribution is 9.10. The minimum Gasteiger partial charge on any atom is -0.461 e. The molecule has 1 aliphatic carbocycles. The van der Waals surface area contributed by atoms with Gasteiger partial charge in [0.05, 0.1) is 11.8 Å². The summed E-state index contributed by atoms with van der Waals surface area (Å²) in [6, 6.07) is 3.63. The number of carbonyl (C=O) groups is 1. The Bertz CT molecular complexity index is 797. The fraction of sp³-hybridized carbons (Fsp3) is 0.600. The van der Waals surface area contributed by atoms with Gasteiger partial charge in [-0.3, -0.25) is 14.7 Å². The molecule has 2 unspecified atom stereocenters. The average molecular weight is 457 g/mol. The maximum absolute atomic E-state index is 15.1. The summed E-state index contributed by atoms with van der Waals surface area (Å²) < 4.78 is 36.5. The van der Waals surface area contributed by atoms with Gasteiger partial charge in [-0.25, -0.2) is 8.78 Å². The molecule has 8 heteroatoms. The summed E-state index contributed by atoms with van der Waals surface area (Å²) in [5, 5.41) is 9.73. The molecule has 3 aliphatic rings. The highest BCUT2D eigenvalue weighted by Crippen LogP contribution is 2.57. The third-order valence-corrected chi connectivity index (χ3v) is 7.00. The first-order valence-electron chi connectivity index (χ1n) is 9.47. The summed E-state index contributed by atoms with van der Waals surface area (Å²) in [7, 11) is 0. The van der Waals surface area contributed by atoms with E-state index in [-0.39, 0.29) is 13.1 Å². The van der Waals surface area contributed by atoms with Crippen LogP contribution >= 0.6 is 15.9 Å². The van der Waals surface area contributed by atoms with Crippen molar-refractivity contribution >= 4 is 28.0 Å². The van der Waals surface area contributed by atoms with Crippen LogP contribution in [0.15, 0.2) is 28.9 Å². The third-order valence-electron chi connectivity index (χ3n) is 6.53. The van der Waals surface area contributed by atoms with Crippen LogP contribution in [0.2, 0.25) is 0 Å². The number of allylic oxidation sites excluding steroid dienone is 1. The lowest BCUT2D eigenvalue weighted by Gasteiger charge is -2.55. The van der Waals surface area contributed by atoms with Gasteiger partial charge >= 0.3 is 5.97 Å². The Labute approximate surface area is 170 Å². The van der Waals surface area contributed by atoms with Crippen LogP contribution in [0.25, 0.3) is 6.08 Å². The van der Waals surface area contributed by atoms with E-state index in [0.29, 0.717) is 5.69 Å². The molecular formula is C20H23BrF2N2O3. The molecule has 3 heterocycles. The van der Waals surface area contributed by atoms with Gasteiger partial charge in [-0.15, -0.1) is 0 Å². The van der Waals surface area contributed by atoms with Gasteiger partial charge in [-0.2, -0.15) is 0 Å². The first kappa shape index (κ1) is 19.9. The number of nitrogens with zero attached hydrogens (tertiary/aromatic N) is 2. The van der Waals surface area contributed by atoms with Crippen molar-refractivity contribution in [2.24, 2.45) is 17.8 Å². The van der Waals surface area contributed by atoms with Gasteiger partial charge in [0.1, 0.15) is 11.6 Å². The van der Waals surface area contributed by atoms with Gasteiger partial charge < -0.3 is 9.84 Å². The van der Waals surface area contributed by atoms with Crippen LogP contribution in [-0.2, 0) is 9.53 Å². The van der Waals surface area contributed by atoms with Crippen LogP contribution < -0.4 is 0 Å². The zero-order valence-corrected chi connectivity index (χ0v) is 17.3. The van der Waals surface area contributed by atoms with E-state index in [9.17, 15) is 9.90 Å². The molecule has 1 aromatic heterocycles. The van der Waals surface area contributed by atoms with E-state index in [0.717, 1.165) is 4.47 Å². The maximum Gasteiger partial charge on any atom is 0.327 e. The summed E-state index contributed by atoms with van der Waals surface area (Å²) in [6.07, 6.45) is 3.50. The van der Waals surface area contributed by atoms with Crippen molar-refractivity contribution < 1.29 is 23.4 Å². The average Bonchev–Trinajstić information content (AvgIpc) is 2.84. The van der Waals surface area contributed by atoms with Crippen LogP contribution in [0.5, 0.6) is 0 Å². The molecule has 152 valence electrons. The molecule has 3 fully saturated rings. The summed E-state index contributed by atoms with van der Waals surface area (Å²) in [5.41, 5.74) is -0.733. The van der Waals surface area contributed by atoms with Crippen LogP contribution in [0.4, 0.5) is 8.78 Å². The van der Waals surface area contributed by atoms with Crippen LogP contribution in [0, 0.1) is 17.8 Å². The second-order valence-electron chi connectivity index (χ2n) is 8.18. The molecule has 1 aromatic rings. The number of β-amino-alcohol motifs (C(OH)–C–C–N with tert-alkyl or cyclic N) is 1. The van der Waals surface area contributed by atoms with Crippen molar-refractivity contribution in [2.45, 2.75) is 43.9 Å². The monoisotopic (exact) mass is 456 g/mol. The fourth-order valence-corrected chi connectivity index (χ4v) is 5.25. The molecular weight excluding hydrogens is 434 g/mol. The molecule has 1 saturated carbocycles. The molecule has 1 N–H and O–H groups in total. The number of aromatic nitrogens is 1. The topological polar surface area (TPSA) is 62.7 Å². The smallest absolute Gasteiger partial charge is 0.327 e. The van der Waals surface area contributed by atoms with E-state index in [1.54, 1.807) is 36.2 Å². The molecule has 0 amide bonds. The third kappa shape index (κ3) is 3.00. The first-order valence-corrected chi connectivity index (χ1v) is 10.3. The number of aliphatic hydroxyl groups excluding tert-OH is 1. The number of alkyl halides is 2. The Morgan fingerprint density at radius 1 is 1.36 bits per heavy atom.